The van der Waals surface area contributed by atoms with E-state index in [4.69, 9.17) is 44.9 Å². The molecule has 0 saturated carbocycles. The van der Waals surface area contributed by atoms with E-state index in [1.54, 1.807) is 19.0 Å². The molecule has 0 spiro atoms. The first-order chi connectivity index (χ1) is 65.3. The van der Waals surface area contributed by atoms with E-state index in [0.717, 1.165) is 158 Å². The van der Waals surface area contributed by atoms with Crippen molar-refractivity contribution in [3.63, 3.8) is 0 Å². The van der Waals surface area contributed by atoms with Gasteiger partial charge in [0.2, 0.25) is 0 Å². The summed E-state index contributed by atoms with van der Waals surface area (Å²) >= 11 is 0. The minimum atomic E-state index is 0.602. The first kappa shape index (κ1) is 76.2. The Hall–Kier alpha value is -18.2. The minimum Gasteiger partial charge on any atom is -0.244 e. The van der Waals surface area contributed by atoms with Crippen LogP contribution in [0.3, 0.4) is 0 Å². The summed E-state index contributed by atoms with van der Waals surface area (Å²) in [6.45, 7) is 0. The highest BCUT2D eigenvalue weighted by Gasteiger charge is 2.24. The molecule has 612 valence electrons. The van der Waals surface area contributed by atoms with Gasteiger partial charge in [-0.05, 0) is 257 Å². The fraction of sp³-hybridized carbons (Fsp3) is 0. The Morgan fingerprint density at radius 1 is 0.136 bits per heavy atom. The summed E-state index contributed by atoms with van der Waals surface area (Å²) in [7, 11) is 0. The van der Waals surface area contributed by atoms with Crippen LogP contribution in [-0.4, -0.2) is 74.8 Å². The SMILES string of the molecule is c1ccc2c(-c3nc(-c4ccc5ncncc5c4)nc(-c4c5ccccc5cc5ccccc45)n3)c3ccccc3cc2c1.c1ccc2cc3c(-c4nc(-c5ccc6ncncc6c5)nc(-c5cccc6cc7ccccc7cc56)n4)cccc3cc2c1.c1ccc2cc3cc(-c4nc(-c5ccc6cc7ccccc7cc6c5)nc(-c5ccc6ncncc6c5)n4)ccc3cc2c1. The van der Waals surface area contributed by atoms with E-state index in [1.165, 1.54) is 53.9 Å². The molecule has 27 aromatic rings. The molecule has 0 aliphatic heterocycles. The quantitative estimate of drug-likeness (QED) is 0.124. The number of benzene rings is 21. The van der Waals surface area contributed by atoms with Crippen molar-refractivity contribution in [2.24, 2.45) is 0 Å². The van der Waals surface area contributed by atoms with Crippen LogP contribution in [0, 0.1) is 0 Å². The summed E-state index contributed by atoms with van der Waals surface area (Å²) < 4.78 is 0. The molecule has 0 radical (unpaired) electrons. The second kappa shape index (κ2) is 32.0. The zero-order chi connectivity index (χ0) is 87.1. The van der Waals surface area contributed by atoms with Gasteiger partial charge in [-0.25, -0.2) is 74.8 Å². The van der Waals surface area contributed by atoms with E-state index in [9.17, 15) is 0 Å². The van der Waals surface area contributed by atoms with Gasteiger partial charge in [-0.2, -0.15) is 0 Å². The van der Waals surface area contributed by atoms with Gasteiger partial charge < -0.3 is 0 Å². The topological polar surface area (TPSA) is 193 Å². The standard InChI is InChI=1S/3C39H23N5/c1-5-13-30-24(9-1)19-25-10-2-6-14-31(25)35(30)38-42-37(28-17-18-34-29(21-28)22-40-23-41-34)43-39(44-38)36-32-15-7-3-11-26(32)20-27-12-4-8-16-33(27)36;1-3-9-26-20-34-28(17-24(26)7-1)11-5-13-32(34)38-42-37(30-15-16-36-31(19-30)22-40-23-41-36)43-39(44-38)33-14-6-12-29-18-25-8-2-4-10-27(25)21-35(29)33;1-3-7-26-17-33-19-30(11-9-28(33)15-24(26)5-1)37-42-38(44-39(43-37)32-13-14-36-35(21-32)22-40-23-41-36)31-12-10-29-16-25-6-2-4-8-27(25)18-34(29)20-31/h3*1-23H. The van der Waals surface area contributed by atoms with Crippen LogP contribution in [0.1, 0.15) is 0 Å². The van der Waals surface area contributed by atoms with Crippen molar-refractivity contribution in [1.82, 2.24) is 74.8 Å². The molecule has 27 rings (SSSR count). The van der Waals surface area contributed by atoms with Gasteiger partial charge in [0.1, 0.15) is 19.0 Å². The third kappa shape index (κ3) is 14.1. The maximum Gasteiger partial charge on any atom is 0.165 e. The molecular weight excluding hydrogens is 1620 g/mol. The molecular formula is C117H69N15. The zero-order valence-electron chi connectivity index (χ0n) is 70.5. The van der Waals surface area contributed by atoms with E-state index < -0.39 is 0 Å². The number of fused-ring (bicyclic) bond motifs is 15. The zero-order valence-corrected chi connectivity index (χ0v) is 70.5. The molecule has 6 heterocycles. The van der Waals surface area contributed by atoms with E-state index in [2.05, 4.69) is 364 Å². The summed E-state index contributed by atoms with van der Waals surface area (Å²) in [5.74, 6) is 5.61. The van der Waals surface area contributed by atoms with Crippen LogP contribution in [0.25, 0.3) is 264 Å². The molecule has 0 aliphatic carbocycles. The summed E-state index contributed by atoms with van der Waals surface area (Å²) in [6.07, 6.45) is 10.2. The molecule has 0 amide bonds. The Kier molecular flexibility index (Phi) is 18.5. The van der Waals surface area contributed by atoms with E-state index in [-0.39, 0.29) is 0 Å². The smallest absolute Gasteiger partial charge is 0.165 e. The summed E-state index contributed by atoms with van der Waals surface area (Å²) in [6, 6.07) is 134. The van der Waals surface area contributed by atoms with E-state index in [0.29, 0.717) is 52.4 Å². The fourth-order valence-corrected chi connectivity index (χ4v) is 18.6. The third-order valence-corrected chi connectivity index (χ3v) is 25.1. The van der Waals surface area contributed by atoms with Gasteiger partial charge in [0.25, 0.3) is 0 Å². The molecule has 0 N–H and O–H groups in total. The lowest BCUT2D eigenvalue weighted by atomic mass is 9.95. The molecule has 0 fully saturated rings. The second-order valence-corrected chi connectivity index (χ2v) is 33.2. The summed E-state index contributed by atoms with van der Waals surface area (Å²) in [5, 5.41) is 30.5. The lowest BCUT2D eigenvalue weighted by Crippen LogP contribution is -2.02. The summed E-state index contributed by atoms with van der Waals surface area (Å²) in [5.41, 5.74) is 11.1. The van der Waals surface area contributed by atoms with Crippen molar-refractivity contribution in [2.75, 3.05) is 0 Å². The molecule has 132 heavy (non-hydrogen) atoms. The van der Waals surface area contributed by atoms with Crippen LogP contribution in [0.2, 0.25) is 0 Å². The predicted octanol–water partition coefficient (Wildman–Crippen LogP) is 28.3. The molecule has 15 heteroatoms. The van der Waals surface area contributed by atoms with Crippen molar-refractivity contribution in [1.29, 1.82) is 0 Å². The number of hydrogen-bond donors (Lipinski definition) is 0. The average Bonchev–Trinajstić information content (AvgIpc) is 0.743. The molecule has 0 bridgehead atoms. The van der Waals surface area contributed by atoms with Crippen molar-refractivity contribution in [3.05, 3.63) is 420 Å². The van der Waals surface area contributed by atoms with Crippen LogP contribution < -0.4 is 0 Å². The van der Waals surface area contributed by atoms with Crippen molar-refractivity contribution >= 4 is 162 Å². The third-order valence-electron chi connectivity index (χ3n) is 25.1. The van der Waals surface area contributed by atoms with Crippen LogP contribution >= 0.6 is 0 Å². The van der Waals surface area contributed by atoms with Crippen LogP contribution in [0.4, 0.5) is 0 Å². The maximum absolute atomic E-state index is 5.32. The Morgan fingerprint density at radius 2 is 0.356 bits per heavy atom. The molecule has 0 saturated heterocycles. The highest BCUT2D eigenvalue weighted by molar-refractivity contribution is 6.15. The monoisotopic (exact) mass is 1680 g/mol. The van der Waals surface area contributed by atoms with Crippen molar-refractivity contribution < 1.29 is 0 Å². The Morgan fingerprint density at radius 3 is 0.689 bits per heavy atom. The highest BCUT2D eigenvalue weighted by Crippen LogP contribution is 2.43. The molecule has 15 nitrogen and oxygen atoms in total. The van der Waals surface area contributed by atoms with Gasteiger partial charge >= 0.3 is 0 Å². The molecule has 21 aromatic carbocycles. The largest absolute Gasteiger partial charge is 0.244 e. The fourth-order valence-electron chi connectivity index (χ4n) is 18.6. The molecule has 0 aliphatic rings. The average molecular weight is 1680 g/mol. The van der Waals surface area contributed by atoms with Crippen LogP contribution in [0.15, 0.2) is 420 Å². The number of aromatic nitrogens is 15. The Bertz CT molecular complexity index is 8920. The van der Waals surface area contributed by atoms with Gasteiger partial charge in [0.05, 0.1) is 16.6 Å². The van der Waals surface area contributed by atoms with Gasteiger partial charge in [-0.3, -0.25) is 0 Å². The van der Waals surface area contributed by atoms with Crippen molar-refractivity contribution in [3.8, 4) is 102 Å². The number of rotatable bonds is 9. The maximum atomic E-state index is 5.32. The van der Waals surface area contributed by atoms with Gasteiger partial charge in [0.15, 0.2) is 52.4 Å². The molecule has 0 unspecified atom stereocenters. The lowest BCUT2D eigenvalue weighted by Gasteiger charge is -2.15. The van der Waals surface area contributed by atoms with E-state index in [1.807, 2.05) is 67.1 Å². The Labute approximate surface area is 754 Å². The number of nitrogens with zero attached hydrogens (tertiary/aromatic N) is 15. The molecule has 6 aromatic heterocycles. The van der Waals surface area contributed by atoms with Crippen LogP contribution in [-0.2, 0) is 0 Å². The van der Waals surface area contributed by atoms with Gasteiger partial charge in [-0.1, -0.05) is 255 Å². The molecule has 0 atom stereocenters. The van der Waals surface area contributed by atoms with Crippen molar-refractivity contribution in [2.45, 2.75) is 0 Å². The van der Waals surface area contributed by atoms with E-state index >= 15 is 0 Å². The minimum absolute atomic E-state index is 0.602. The summed E-state index contributed by atoms with van der Waals surface area (Å²) in [4.78, 5) is 72.1. The van der Waals surface area contributed by atoms with Gasteiger partial charge in [0, 0.05) is 84.8 Å². The highest BCUT2D eigenvalue weighted by atomic mass is 15.1. The number of hydrogen-bond acceptors (Lipinski definition) is 15. The normalized spacial score (nSPS) is 11.6. The first-order valence-corrected chi connectivity index (χ1v) is 43.7. The lowest BCUT2D eigenvalue weighted by molar-refractivity contribution is 1.08. The Balaban J connectivity index is 0.000000106. The van der Waals surface area contributed by atoms with Gasteiger partial charge in [-0.15, -0.1) is 0 Å². The predicted molar refractivity (Wildman–Crippen MR) is 538 cm³/mol. The first-order valence-electron chi connectivity index (χ1n) is 43.7. The van der Waals surface area contributed by atoms with Crippen LogP contribution in [0.5, 0.6) is 0 Å². The second-order valence-electron chi connectivity index (χ2n) is 33.2.